The van der Waals surface area contributed by atoms with Crippen LogP contribution in [0.3, 0.4) is 0 Å². The first kappa shape index (κ1) is 27.9. The Morgan fingerprint density at radius 3 is 2.29 bits per heavy atom. The number of rotatable bonds is 10. The van der Waals surface area contributed by atoms with Crippen LogP contribution in [0.4, 0.5) is 5.95 Å². The normalized spacial score (nSPS) is 13.2. The van der Waals surface area contributed by atoms with Gasteiger partial charge in [0.15, 0.2) is 17.3 Å². The average Bonchev–Trinajstić information content (AvgIpc) is 3.55. The van der Waals surface area contributed by atoms with E-state index in [1.165, 1.54) is 39.1 Å². The van der Waals surface area contributed by atoms with Crippen LogP contribution in [0.25, 0.3) is 28.0 Å². The molecule has 0 saturated carbocycles. The molecule has 0 spiro atoms. The Morgan fingerprint density at radius 2 is 1.66 bits per heavy atom. The summed E-state index contributed by atoms with van der Waals surface area (Å²) in [6.07, 6.45) is 5.33. The Balaban J connectivity index is 1.67. The summed E-state index contributed by atoms with van der Waals surface area (Å²) in [7, 11) is 1.86. The van der Waals surface area contributed by atoms with Crippen LogP contribution in [-0.4, -0.2) is 79.5 Å². The maximum atomic E-state index is 13.8. The molecule has 0 bridgehead atoms. The van der Waals surface area contributed by atoms with Gasteiger partial charge in [0.2, 0.25) is 27.7 Å². The standard InChI is InChI=1S/C25H28N10O5S/c1-14-10-26-21(27-11-14)20(38-4)15(2)41(36,37)33-25-31-30-22(17-9-7-8-16-12-34(3)32-18(16)17)35(25)19-23(39-5)28-13-29-24(19)40-6/h7-13,15,20H,1-6H3,(H,31,33)/t15-,20-/m0/s1. The zero-order valence-electron chi connectivity index (χ0n) is 23.2. The number of fused-ring (bicyclic) bond motifs is 1. The van der Waals surface area contributed by atoms with Gasteiger partial charge in [-0.15, -0.1) is 10.2 Å². The van der Waals surface area contributed by atoms with Crippen LogP contribution in [0, 0.1) is 6.92 Å². The van der Waals surface area contributed by atoms with Gasteiger partial charge in [0.1, 0.15) is 23.2 Å². The van der Waals surface area contributed by atoms with Gasteiger partial charge >= 0.3 is 0 Å². The smallest absolute Gasteiger partial charge is 0.245 e. The molecular weight excluding hydrogens is 552 g/mol. The van der Waals surface area contributed by atoms with E-state index < -0.39 is 21.4 Å². The molecule has 15 nitrogen and oxygen atoms in total. The summed E-state index contributed by atoms with van der Waals surface area (Å²) in [5.41, 5.74) is 2.21. The Hall–Kier alpha value is -4.70. The van der Waals surface area contributed by atoms with Crippen molar-refractivity contribution in [2.75, 3.05) is 26.1 Å². The molecule has 16 heteroatoms. The number of aryl methyl sites for hydroxylation is 2. The first-order chi connectivity index (χ1) is 19.7. The van der Waals surface area contributed by atoms with Gasteiger partial charge in [-0.05, 0) is 25.5 Å². The number of sulfonamides is 1. The van der Waals surface area contributed by atoms with Crippen LogP contribution in [0.15, 0.2) is 43.1 Å². The van der Waals surface area contributed by atoms with Crippen LogP contribution >= 0.6 is 0 Å². The van der Waals surface area contributed by atoms with E-state index in [4.69, 9.17) is 14.2 Å². The number of nitrogens with one attached hydrogen (secondary N) is 1. The predicted octanol–water partition coefficient (Wildman–Crippen LogP) is 2.24. The molecule has 0 radical (unpaired) electrons. The van der Waals surface area contributed by atoms with Gasteiger partial charge in [-0.2, -0.15) is 15.1 Å². The molecule has 0 amide bonds. The predicted molar refractivity (Wildman–Crippen MR) is 148 cm³/mol. The zero-order valence-corrected chi connectivity index (χ0v) is 24.0. The highest BCUT2D eigenvalue weighted by Gasteiger charge is 2.35. The van der Waals surface area contributed by atoms with Gasteiger partial charge in [-0.3, -0.25) is 14.0 Å². The van der Waals surface area contributed by atoms with E-state index in [1.807, 2.05) is 25.3 Å². The summed E-state index contributed by atoms with van der Waals surface area (Å²) in [5, 5.41) is 12.9. The Labute approximate surface area is 235 Å². The lowest BCUT2D eigenvalue weighted by atomic mass is 10.1. The second-order valence-corrected chi connectivity index (χ2v) is 11.1. The van der Waals surface area contributed by atoms with Crippen molar-refractivity contribution in [3.05, 3.63) is 54.5 Å². The molecule has 0 aliphatic carbocycles. The summed E-state index contributed by atoms with van der Waals surface area (Å²) in [6, 6.07) is 5.54. The molecule has 1 N–H and O–H groups in total. The van der Waals surface area contributed by atoms with Gasteiger partial charge < -0.3 is 14.2 Å². The fourth-order valence-corrected chi connectivity index (χ4v) is 5.49. The molecule has 1 aromatic carbocycles. The van der Waals surface area contributed by atoms with Crippen molar-refractivity contribution in [1.29, 1.82) is 0 Å². The van der Waals surface area contributed by atoms with E-state index in [0.29, 0.717) is 11.1 Å². The van der Waals surface area contributed by atoms with Crippen molar-refractivity contribution < 1.29 is 22.6 Å². The summed E-state index contributed by atoms with van der Waals surface area (Å²) in [4.78, 5) is 16.9. The molecule has 214 valence electrons. The summed E-state index contributed by atoms with van der Waals surface area (Å²) in [5.74, 6) is 0.506. The van der Waals surface area contributed by atoms with Crippen LogP contribution in [0.1, 0.15) is 24.4 Å². The van der Waals surface area contributed by atoms with E-state index in [9.17, 15) is 8.42 Å². The minimum Gasteiger partial charge on any atom is -0.479 e. The first-order valence-corrected chi connectivity index (χ1v) is 13.9. The largest absolute Gasteiger partial charge is 0.479 e. The van der Waals surface area contributed by atoms with Crippen molar-refractivity contribution in [3.8, 4) is 28.8 Å². The third-order valence-electron chi connectivity index (χ3n) is 6.38. The van der Waals surface area contributed by atoms with E-state index in [1.54, 1.807) is 30.2 Å². The minimum atomic E-state index is -4.18. The van der Waals surface area contributed by atoms with E-state index in [2.05, 4.69) is 40.0 Å². The van der Waals surface area contributed by atoms with E-state index >= 15 is 0 Å². The van der Waals surface area contributed by atoms with Crippen LogP contribution in [-0.2, 0) is 21.8 Å². The Kier molecular flexibility index (Phi) is 7.51. The van der Waals surface area contributed by atoms with Crippen LogP contribution < -0.4 is 14.2 Å². The highest BCUT2D eigenvalue weighted by atomic mass is 32.2. The Bertz CT molecular complexity index is 1780. The molecule has 0 fully saturated rings. The van der Waals surface area contributed by atoms with Gasteiger partial charge in [0.25, 0.3) is 0 Å². The molecular formula is C25H28N10O5S. The van der Waals surface area contributed by atoms with E-state index in [0.717, 1.165) is 10.9 Å². The van der Waals surface area contributed by atoms with Crippen LogP contribution in [0.2, 0.25) is 0 Å². The van der Waals surface area contributed by atoms with Gasteiger partial charge in [-0.1, -0.05) is 12.1 Å². The van der Waals surface area contributed by atoms with Crippen molar-refractivity contribution in [2.45, 2.75) is 25.2 Å². The quantitative estimate of drug-likeness (QED) is 0.255. The molecule has 0 aliphatic rings. The third kappa shape index (κ3) is 5.14. The van der Waals surface area contributed by atoms with Gasteiger partial charge in [0, 0.05) is 43.7 Å². The first-order valence-electron chi connectivity index (χ1n) is 12.3. The minimum absolute atomic E-state index is 0.0995. The van der Waals surface area contributed by atoms with Crippen molar-refractivity contribution in [2.24, 2.45) is 7.05 Å². The topological polar surface area (TPSA) is 174 Å². The van der Waals surface area contributed by atoms with Crippen molar-refractivity contribution >= 4 is 26.9 Å². The molecule has 5 aromatic rings. The fraction of sp³-hybridized carbons (Fsp3) is 0.320. The Morgan fingerprint density at radius 1 is 0.976 bits per heavy atom. The maximum Gasteiger partial charge on any atom is 0.245 e. The van der Waals surface area contributed by atoms with Gasteiger partial charge in [-0.25, -0.2) is 18.4 Å². The number of aromatic nitrogens is 9. The molecule has 2 atom stereocenters. The molecule has 4 heterocycles. The van der Waals surface area contributed by atoms with E-state index in [-0.39, 0.29) is 35.0 Å². The molecule has 41 heavy (non-hydrogen) atoms. The summed E-state index contributed by atoms with van der Waals surface area (Å²) < 4.78 is 49.7. The second kappa shape index (κ2) is 11.1. The third-order valence-corrected chi connectivity index (χ3v) is 8.07. The molecule has 5 rings (SSSR count). The SMILES string of the molecule is COc1ncnc(OC)c1-n1c(NS(=O)(=O)[C@@H](C)[C@H](OC)c2ncc(C)cn2)nnc1-c1cccc2cn(C)nc12. The summed E-state index contributed by atoms with van der Waals surface area (Å²) >= 11 is 0. The number of hydrogen-bond acceptors (Lipinski definition) is 12. The van der Waals surface area contributed by atoms with Gasteiger partial charge in [0.05, 0.1) is 14.2 Å². The fourth-order valence-electron chi connectivity index (χ4n) is 4.36. The zero-order chi connectivity index (χ0) is 29.3. The summed E-state index contributed by atoms with van der Waals surface area (Å²) in [6.45, 7) is 3.32. The number of nitrogens with zero attached hydrogens (tertiary/aromatic N) is 9. The van der Waals surface area contributed by atoms with Crippen molar-refractivity contribution in [3.63, 3.8) is 0 Å². The lowest BCUT2D eigenvalue weighted by Gasteiger charge is -2.22. The molecule has 0 aliphatic heterocycles. The highest BCUT2D eigenvalue weighted by Crippen LogP contribution is 2.37. The van der Waals surface area contributed by atoms with Crippen LogP contribution in [0.5, 0.6) is 11.8 Å². The average molecular weight is 581 g/mol. The number of methoxy groups -OCH3 is 3. The molecule has 0 unspecified atom stereocenters. The number of anilines is 1. The highest BCUT2D eigenvalue weighted by molar-refractivity contribution is 7.93. The lowest BCUT2D eigenvalue weighted by molar-refractivity contribution is 0.0949. The number of benzene rings is 1. The second-order valence-electron chi connectivity index (χ2n) is 9.10. The lowest BCUT2D eigenvalue weighted by Crippen LogP contribution is -2.33. The maximum absolute atomic E-state index is 13.8. The number of ether oxygens (including phenoxy) is 3. The molecule has 4 aromatic heterocycles. The van der Waals surface area contributed by atoms with Crippen molar-refractivity contribution in [1.82, 2.24) is 44.5 Å². The number of hydrogen-bond donors (Lipinski definition) is 1. The molecule has 0 saturated heterocycles. The monoisotopic (exact) mass is 580 g/mol.